The number of nitrogens with one attached hydrogen (secondary N) is 1. The summed E-state index contributed by atoms with van der Waals surface area (Å²) in [6.07, 6.45) is 1.76. The molecule has 1 N–H and O–H groups in total. The fraction of sp³-hybridized carbons (Fsp3) is 0.100. The molecular formula is C10H8Cl2N2. The summed E-state index contributed by atoms with van der Waals surface area (Å²) in [5, 5.41) is 1.23. The van der Waals surface area contributed by atoms with Crippen LogP contribution in [0.15, 0.2) is 24.4 Å². The van der Waals surface area contributed by atoms with Gasteiger partial charge in [0.15, 0.2) is 0 Å². The third-order valence-electron chi connectivity index (χ3n) is 1.89. The van der Waals surface area contributed by atoms with Gasteiger partial charge in [0.2, 0.25) is 0 Å². The summed E-state index contributed by atoms with van der Waals surface area (Å²) in [6, 6.07) is 5.35. The number of aromatic nitrogens is 2. The van der Waals surface area contributed by atoms with E-state index < -0.39 is 0 Å². The predicted octanol–water partition coefficient (Wildman–Crippen LogP) is 3.69. The molecule has 0 unspecified atom stereocenters. The Hall–Kier alpha value is -0.990. The molecule has 14 heavy (non-hydrogen) atoms. The quantitative estimate of drug-likeness (QED) is 0.790. The van der Waals surface area contributed by atoms with Gasteiger partial charge in [-0.2, -0.15) is 0 Å². The molecule has 0 aliphatic carbocycles. The third-order valence-corrected chi connectivity index (χ3v) is 2.44. The molecule has 0 spiro atoms. The molecule has 2 aromatic rings. The minimum Gasteiger partial charge on any atom is -0.342 e. The standard InChI is InChI=1S/C10H8Cl2N2/c1-6-5-13-10(14-6)8-3-2-7(11)4-9(8)12/h2-5H,1H3,(H,13,14). The lowest BCUT2D eigenvalue weighted by atomic mass is 10.2. The van der Waals surface area contributed by atoms with Crippen molar-refractivity contribution in [2.24, 2.45) is 0 Å². The number of hydrogen-bond acceptors (Lipinski definition) is 1. The number of aryl methyl sites for hydroxylation is 1. The average Bonchev–Trinajstić information content (AvgIpc) is 2.51. The first-order valence-corrected chi connectivity index (χ1v) is 4.89. The Morgan fingerprint density at radius 3 is 2.64 bits per heavy atom. The highest BCUT2D eigenvalue weighted by atomic mass is 35.5. The highest BCUT2D eigenvalue weighted by Crippen LogP contribution is 2.28. The summed E-state index contributed by atoms with van der Waals surface area (Å²) >= 11 is 11.8. The number of benzene rings is 1. The lowest BCUT2D eigenvalue weighted by Crippen LogP contribution is -1.82. The Kier molecular flexibility index (Phi) is 2.48. The maximum atomic E-state index is 6.03. The van der Waals surface area contributed by atoms with Crippen molar-refractivity contribution >= 4 is 23.2 Å². The van der Waals surface area contributed by atoms with Crippen LogP contribution in [0.25, 0.3) is 11.4 Å². The van der Waals surface area contributed by atoms with Crippen LogP contribution in [0.1, 0.15) is 5.69 Å². The van der Waals surface area contributed by atoms with E-state index in [1.807, 2.05) is 13.0 Å². The number of imidazole rings is 1. The third kappa shape index (κ3) is 1.76. The van der Waals surface area contributed by atoms with Gasteiger partial charge in [-0.15, -0.1) is 0 Å². The Bertz CT molecular complexity index is 463. The van der Waals surface area contributed by atoms with Gasteiger partial charge in [-0.1, -0.05) is 23.2 Å². The minimum atomic E-state index is 0.604. The van der Waals surface area contributed by atoms with Gasteiger partial charge in [-0.3, -0.25) is 0 Å². The number of H-pyrrole nitrogens is 1. The van der Waals surface area contributed by atoms with Crippen molar-refractivity contribution in [3.05, 3.63) is 40.1 Å². The average molecular weight is 227 g/mol. The second-order valence-electron chi connectivity index (χ2n) is 3.04. The molecule has 4 heteroatoms. The van der Waals surface area contributed by atoms with Gasteiger partial charge >= 0.3 is 0 Å². The summed E-state index contributed by atoms with van der Waals surface area (Å²) in [5.74, 6) is 0.768. The van der Waals surface area contributed by atoms with Crippen LogP contribution < -0.4 is 0 Å². The molecule has 0 bridgehead atoms. The van der Waals surface area contributed by atoms with Gasteiger partial charge in [0.25, 0.3) is 0 Å². The lowest BCUT2D eigenvalue weighted by Gasteiger charge is -2.00. The Labute approximate surface area is 91.9 Å². The first-order chi connectivity index (χ1) is 6.66. The van der Waals surface area contributed by atoms with Gasteiger partial charge in [-0.05, 0) is 25.1 Å². The molecule has 0 atom stereocenters. The van der Waals surface area contributed by atoms with Gasteiger partial charge < -0.3 is 4.98 Å². The van der Waals surface area contributed by atoms with E-state index in [-0.39, 0.29) is 0 Å². The number of nitrogens with zero attached hydrogens (tertiary/aromatic N) is 1. The molecule has 0 aliphatic heterocycles. The van der Waals surface area contributed by atoms with E-state index in [2.05, 4.69) is 9.97 Å². The zero-order chi connectivity index (χ0) is 10.1. The number of halogens is 2. The smallest absolute Gasteiger partial charge is 0.138 e. The van der Waals surface area contributed by atoms with E-state index in [1.165, 1.54) is 0 Å². The molecule has 0 fully saturated rings. The molecule has 2 rings (SSSR count). The van der Waals surface area contributed by atoms with Crippen molar-refractivity contribution in [1.29, 1.82) is 0 Å². The predicted molar refractivity (Wildman–Crippen MR) is 58.8 cm³/mol. The zero-order valence-corrected chi connectivity index (χ0v) is 9.02. The van der Waals surface area contributed by atoms with Crippen molar-refractivity contribution in [1.82, 2.24) is 9.97 Å². The summed E-state index contributed by atoms with van der Waals surface area (Å²) in [6.45, 7) is 1.94. The molecule has 0 amide bonds. The number of hydrogen-bond donors (Lipinski definition) is 1. The fourth-order valence-electron chi connectivity index (χ4n) is 1.23. The van der Waals surface area contributed by atoms with E-state index in [0.717, 1.165) is 17.1 Å². The molecule has 2 nitrogen and oxygen atoms in total. The fourth-order valence-corrected chi connectivity index (χ4v) is 1.73. The van der Waals surface area contributed by atoms with Crippen molar-refractivity contribution in [3.63, 3.8) is 0 Å². The van der Waals surface area contributed by atoms with Crippen LogP contribution >= 0.6 is 23.2 Å². The van der Waals surface area contributed by atoms with Gasteiger partial charge in [-0.25, -0.2) is 4.98 Å². The van der Waals surface area contributed by atoms with E-state index in [4.69, 9.17) is 23.2 Å². The SMILES string of the molecule is Cc1cnc(-c2ccc(Cl)cc2Cl)[nH]1. The largest absolute Gasteiger partial charge is 0.342 e. The van der Waals surface area contributed by atoms with Crippen molar-refractivity contribution in [2.75, 3.05) is 0 Å². The molecule has 0 aliphatic rings. The van der Waals surface area contributed by atoms with Crippen LogP contribution in [0.3, 0.4) is 0 Å². The van der Waals surface area contributed by atoms with Crippen molar-refractivity contribution < 1.29 is 0 Å². The van der Waals surface area contributed by atoms with E-state index in [9.17, 15) is 0 Å². The van der Waals surface area contributed by atoms with Crippen LogP contribution in [0.5, 0.6) is 0 Å². The highest BCUT2D eigenvalue weighted by Gasteiger charge is 2.06. The van der Waals surface area contributed by atoms with Crippen molar-refractivity contribution in [3.8, 4) is 11.4 Å². The van der Waals surface area contributed by atoms with E-state index >= 15 is 0 Å². The highest BCUT2D eigenvalue weighted by molar-refractivity contribution is 6.36. The molecular weight excluding hydrogens is 219 g/mol. The van der Waals surface area contributed by atoms with Crippen LogP contribution in [-0.4, -0.2) is 9.97 Å². The van der Waals surface area contributed by atoms with Gasteiger partial charge in [0, 0.05) is 22.5 Å². The van der Waals surface area contributed by atoms with Gasteiger partial charge in [0.05, 0.1) is 5.02 Å². The Morgan fingerprint density at radius 1 is 1.29 bits per heavy atom. The first kappa shape index (κ1) is 9.56. The maximum Gasteiger partial charge on any atom is 0.138 e. The summed E-state index contributed by atoms with van der Waals surface area (Å²) in [7, 11) is 0. The molecule has 72 valence electrons. The number of aromatic amines is 1. The summed E-state index contributed by atoms with van der Waals surface area (Å²) in [5.41, 5.74) is 1.87. The molecule has 0 saturated carbocycles. The molecule has 1 heterocycles. The Balaban J connectivity index is 2.52. The second-order valence-corrected chi connectivity index (χ2v) is 3.88. The lowest BCUT2D eigenvalue weighted by molar-refractivity contribution is 1.26. The van der Waals surface area contributed by atoms with E-state index in [0.29, 0.717) is 10.0 Å². The monoisotopic (exact) mass is 226 g/mol. The second kappa shape index (κ2) is 3.64. The maximum absolute atomic E-state index is 6.03. The van der Waals surface area contributed by atoms with Crippen LogP contribution in [0, 0.1) is 6.92 Å². The Morgan fingerprint density at radius 2 is 2.07 bits per heavy atom. The van der Waals surface area contributed by atoms with E-state index in [1.54, 1.807) is 18.3 Å². The first-order valence-electron chi connectivity index (χ1n) is 4.14. The summed E-state index contributed by atoms with van der Waals surface area (Å²) < 4.78 is 0. The molecule has 1 aromatic heterocycles. The van der Waals surface area contributed by atoms with Crippen molar-refractivity contribution in [2.45, 2.75) is 6.92 Å². The zero-order valence-electron chi connectivity index (χ0n) is 7.51. The summed E-state index contributed by atoms with van der Waals surface area (Å²) in [4.78, 5) is 7.31. The van der Waals surface area contributed by atoms with Crippen LogP contribution in [0.2, 0.25) is 10.0 Å². The molecule has 0 radical (unpaired) electrons. The normalized spacial score (nSPS) is 10.5. The number of rotatable bonds is 1. The minimum absolute atomic E-state index is 0.604. The molecule has 0 saturated heterocycles. The van der Waals surface area contributed by atoms with Crippen LogP contribution in [0.4, 0.5) is 0 Å². The molecule has 1 aromatic carbocycles. The van der Waals surface area contributed by atoms with Crippen LogP contribution in [-0.2, 0) is 0 Å². The topological polar surface area (TPSA) is 28.7 Å². The van der Waals surface area contributed by atoms with Gasteiger partial charge in [0.1, 0.15) is 5.82 Å².